The van der Waals surface area contributed by atoms with Crippen molar-refractivity contribution >= 4 is 35.0 Å². The molecule has 154 valence electrons. The van der Waals surface area contributed by atoms with Gasteiger partial charge in [0, 0.05) is 22.9 Å². The molecule has 0 aliphatic carbocycles. The predicted octanol–water partition coefficient (Wildman–Crippen LogP) is 5.80. The smallest absolute Gasteiger partial charge is 0.191 e. The molecule has 9 heteroatoms. The van der Waals surface area contributed by atoms with E-state index in [0.717, 1.165) is 5.56 Å². The highest BCUT2D eigenvalue weighted by Gasteiger charge is 2.19. The molecule has 1 heterocycles. The van der Waals surface area contributed by atoms with Crippen LogP contribution >= 0.6 is 35.0 Å². The fourth-order valence-electron chi connectivity index (χ4n) is 2.75. The van der Waals surface area contributed by atoms with E-state index in [1.54, 1.807) is 37.4 Å². The number of methoxy groups -OCH3 is 1. The SMILES string of the molecule is COCC(C)n1c(COc2ccccc2F)nnc1SCc1ccc(Cl)cc1Cl. The largest absolute Gasteiger partial charge is 0.483 e. The number of hydrogen-bond donors (Lipinski definition) is 0. The van der Waals surface area contributed by atoms with E-state index in [4.69, 9.17) is 32.7 Å². The molecule has 3 aromatic rings. The van der Waals surface area contributed by atoms with Gasteiger partial charge in [-0.2, -0.15) is 0 Å². The summed E-state index contributed by atoms with van der Waals surface area (Å²) >= 11 is 13.7. The minimum Gasteiger partial charge on any atom is -0.483 e. The molecule has 0 amide bonds. The van der Waals surface area contributed by atoms with E-state index >= 15 is 0 Å². The van der Waals surface area contributed by atoms with Crippen LogP contribution in [0, 0.1) is 5.82 Å². The minimum atomic E-state index is -0.421. The van der Waals surface area contributed by atoms with E-state index < -0.39 is 5.82 Å². The van der Waals surface area contributed by atoms with E-state index in [9.17, 15) is 4.39 Å². The van der Waals surface area contributed by atoms with Gasteiger partial charge in [-0.3, -0.25) is 4.57 Å². The molecule has 0 radical (unpaired) electrons. The van der Waals surface area contributed by atoms with Gasteiger partial charge in [-0.15, -0.1) is 10.2 Å². The number of hydrogen-bond acceptors (Lipinski definition) is 5. The lowest BCUT2D eigenvalue weighted by Crippen LogP contribution is -2.16. The van der Waals surface area contributed by atoms with Crippen molar-refractivity contribution in [2.45, 2.75) is 30.5 Å². The third kappa shape index (κ3) is 5.63. The van der Waals surface area contributed by atoms with Crippen LogP contribution in [0.15, 0.2) is 47.6 Å². The van der Waals surface area contributed by atoms with Crippen LogP contribution in [0.25, 0.3) is 0 Å². The Morgan fingerprint density at radius 2 is 1.97 bits per heavy atom. The Bertz CT molecular complexity index is 971. The maximum atomic E-state index is 13.8. The second kappa shape index (κ2) is 10.3. The molecule has 3 rings (SSSR count). The summed E-state index contributed by atoms with van der Waals surface area (Å²) in [6, 6.07) is 11.6. The van der Waals surface area contributed by atoms with Crippen molar-refractivity contribution in [1.82, 2.24) is 14.8 Å². The average molecular weight is 456 g/mol. The van der Waals surface area contributed by atoms with Crippen molar-refractivity contribution in [2.24, 2.45) is 0 Å². The van der Waals surface area contributed by atoms with Gasteiger partial charge >= 0.3 is 0 Å². The van der Waals surface area contributed by atoms with Crippen molar-refractivity contribution < 1.29 is 13.9 Å². The molecular formula is C20H20Cl2FN3O2S. The fourth-order valence-corrected chi connectivity index (χ4v) is 4.36. The van der Waals surface area contributed by atoms with Crippen LogP contribution in [0.1, 0.15) is 24.4 Å². The summed E-state index contributed by atoms with van der Waals surface area (Å²) in [5, 5.41) is 10.4. The first kappa shape index (κ1) is 21.9. The van der Waals surface area contributed by atoms with Crippen molar-refractivity contribution in [3.63, 3.8) is 0 Å². The Balaban J connectivity index is 1.78. The highest BCUT2D eigenvalue weighted by molar-refractivity contribution is 7.98. The van der Waals surface area contributed by atoms with Crippen LogP contribution in [0.3, 0.4) is 0 Å². The first-order valence-electron chi connectivity index (χ1n) is 8.86. The highest BCUT2D eigenvalue weighted by Crippen LogP contribution is 2.30. The van der Waals surface area contributed by atoms with Crippen molar-refractivity contribution in [3.05, 3.63) is 69.7 Å². The van der Waals surface area contributed by atoms with Crippen LogP contribution in [0.5, 0.6) is 5.75 Å². The van der Waals surface area contributed by atoms with Crippen LogP contribution in [-0.4, -0.2) is 28.5 Å². The summed E-state index contributed by atoms with van der Waals surface area (Å²) in [4.78, 5) is 0. The van der Waals surface area contributed by atoms with Gasteiger partial charge in [-0.25, -0.2) is 4.39 Å². The van der Waals surface area contributed by atoms with Crippen LogP contribution in [0.4, 0.5) is 4.39 Å². The van der Waals surface area contributed by atoms with Crippen molar-refractivity contribution in [3.8, 4) is 5.75 Å². The normalized spacial score (nSPS) is 12.2. The zero-order chi connectivity index (χ0) is 20.8. The lowest BCUT2D eigenvalue weighted by molar-refractivity contribution is 0.154. The summed E-state index contributed by atoms with van der Waals surface area (Å²) in [5.41, 5.74) is 0.944. The number of nitrogens with zero attached hydrogens (tertiary/aromatic N) is 3. The molecule has 0 aliphatic rings. The Morgan fingerprint density at radius 1 is 1.17 bits per heavy atom. The first-order valence-corrected chi connectivity index (χ1v) is 10.6. The maximum Gasteiger partial charge on any atom is 0.191 e. The Hall–Kier alpha value is -1.80. The molecule has 1 aromatic heterocycles. The lowest BCUT2D eigenvalue weighted by Gasteiger charge is -2.17. The lowest BCUT2D eigenvalue weighted by atomic mass is 10.2. The number of para-hydroxylation sites is 1. The molecule has 0 fully saturated rings. The molecule has 5 nitrogen and oxygen atoms in total. The Labute approximate surface area is 183 Å². The van der Waals surface area contributed by atoms with Gasteiger partial charge in [0.25, 0.3) is 0 Å². The summed E-state index contributed by atoms with van der Waals surface area (Å²) in [7, 11) is 1.64. The number of rotatable bonds is 9. The predicted molar refractivity (Wildman–Crippen MR) is 113 cm³/mol. The second-order valence-electron chi connectivity index (χ2n) is 6.32. The molecule has 0 saturated carbocycles. The highest BCUT2D eigenvalue weighted by atomic mass is 35.5. The van der Waals surface area contributed by atoms with Crippen LogP contribution in [0.2, 0.25) is 10.0 Å². The number of benzene rings is 2. The molecule has 2 aromatic carbocycles. The quantitative estimate of drug-likeness (QED) is 0.381. The zero-order valence-corrected chi connectivity index (χ0v) is 18.3. The number of thioether (sulfide) groups is 1. The van der Waals surface area contributed by atoms with E-state index in [2.05, 4.69) is 10.2 Å². The molecule has 0 bridgehead atoms. The summed E-state index contributed by atoms with van der Waals surface area (Å²) in [6.45, 7) is 2.56. The molecule has 0 aliphatic heterocycles. The number of halogens is 3. The molecule has 1 atom stereocenters. The van der Waals surface area contributed by atoms with Gasteiger partial charge in [-0.05, 0) is 36.8 Å². The number of ether oxygens (including phenoxy) is 2. The van der Waals surface area contributed by atoms with Crippen LogP contribution in [-0.2, 0) is 17.1 Å². The zero-order valence-electron chi connectivity index (χ0n) is 15.9. The van der Waals surface area contributed by atoms with Gasteiger partial charge in [-0.1, -0.05) is 53.2 Å². The molecule has 29 heavy (non-hydrogen) atoms. The summed E-state index contributed by atoms with van der Waals surface area (Å²) in [5.74, 6) is 0.934. The monoisotopic (exact) mass is 455 g/mol. The van der Waals surface area contributed by atoms with Crippen molar-refractivity contribution in [1.29, 1.82) is 0 Å². The second-order valence-corrected chi connectivity index (χ2v) is 8.10. The first-order chi connectivity index (χ1) is 14.0. The van der Waals surface area contributed by atoms with Gasteiger partial charge < -0.3 is 9.47 Å². The summed E-state index contributed by atoms with van der Waals surface area (Å²) in [6.07, 6.45) is 0. The van der Waals surface area contributed by atoms with Gasteiger partial charge in [0.1, 0.15) is 6.61 Å². The van der Waals surface area contributed by atoms with Gasteiger partial charge in [0.15, 0.2) is 22.5 Å². The average Bonchev–Trinajstić information content (AvgIpc) is 3.10. The third-order valence-corrected chi connectivity index (χ3v) is 5.73. The topological polar surface area (TPSA) is 49.2 Å². The van der Waals surface area contributed by atoms with Crippen LogP contribution < -0.4 is 4.74 Å². The van der Waals surface area contributed by atoms with E-state index in [1.807, 2.05) is 17.6 Å². The molecule has 0 saturated heterocycles. The summed E-state index contributed by atoms with van der Waals surface area (Å²) < 4.78 is 26.7. The third-order valence-electron chi connectivity index (χ3n) is 4.15. The van der Waals surface area contributed by atoms with Gasteiger partial charge in [0.05, 0.1) is 12.6 Å². The maximum absolute atomic E-state index is 13.8. The molecule has 1 unspecified atom stereocenters. The van der Waals surface area contributed by atoms with Gasteiger partial charge in [0.2, 0.25) is 0 Å². The fraction of sp³-hybridized carbons (Fsp3) is 0.300. The molecular weight excluding hydrogens is 436 g/mol. The Kier molecular flexibility index (Phi) is 7.77. The minimum absolute atomic E-state index is 0.0302. The standard InChI is InChI=1S/C20H20Cl2FN3O2S/c1-13(10-27-2)26-19(11-28-18-6-4-3-5-17(18)23)24-25-20(26)29-12-14-7-8-15(21)9-16(14)22/h3-9,13H,10-12H2,1-2H3. The van der Waals surface area contributed by atoms with Crippen molar-refractivity contribution in [2.75, 3.05) is 13.7 Å². The molecule has 0 spiro atoms. The Morgan fingerprint density at radius 3 is 2.69 bits per heavy atom. The number of aromatic nitrogens is 3. The van der Waals surface area contributed by atoms with E-state index in [-0.39, 0.29) is 18.4 Å². The van der Waals surface area contributed by atoms with E-state index in [1.165, 1.54) is 17.8 Å². The van der Waals surface area contributed by atoms with E-state index in [0.29, 0.717) is 33.4 Å². The molecule has 0 N–H and O–H groups in total.